The molecule has 4 rings (SSSR count). The molecule has 4 aromatic rings. The Morgan fingerprint density at radius 2 is 0.923 bits per heavy atom. The third kappa shape index (κ3) is 7.16. The minimum absolute atomic E-state index is 0.218. The second kappa shape index (κ2) is 11.5. The highest BCUT2D eigenvalue weighted by molar-refractivity contribution is 7.60. The summed E-state index contributed by atoms with van der Waals surface area (Å²) in [6.07, 6.45) is -0.594. The average molecular weight is 566 g/mol. The van der Waals surface area contributed by atoms with Gasteiger partial charge in [-0.15, -0.1) is 0 Å². The molecule has 4 aromatic carbocycles. The first-order valence-electron chi connectivity index (χ1n) is 11.5. The fraction of sp³-hybridized carbons (Fsp3) is 0.0370. The maximum absolute atomic E-state index is 12.8. The second-order valence-electron chi connectivity index (χ2n) is 8.55. The molecule has 0 atom stereocenters. The Labute approximate surface area is 223 Å². The molecule has 0 saturated carbocycles. The Kier molecular flexibility index (Phi) is 8.28. The van der Waals surface area contributed by atoms with Gasteiger partial charge in [0.1, 0.15) is 6.42 Å². The molecule has 10 nitrogen and oxygen atoms in total. The molecule has 0 radical (unpaired) electrons. The van der Waals surface area contributed by atoms with Crippen LogP contribution >= 0.6 is 15.2 Å². The van der Waals surface area contributed by atoms with Crippen molar-refractivity contribution in [3.63, 3.8) is 0 Å². The predicted molar refractivity (Wildman–Crippen MR) is 149 cm³/mol. The molecule has 39 heavy (non-hydrogen) atoms. The van der Waals surface area contributed by atoms with Gasteiger partial charge in [0.15, 0.2) is 0 Å². The Balaban J connectivity index is 1.56. The number of rotatable bonds is 8. The van der Waals surface area contributed by atoms with Crippen LogP contribution in [0.2, 0.25) is 0 Å². The summed E-state index contributed by atoms with van der Waals surface area (Å²) < 4.78 is 23.6. The van der Waals surface area contributed by atoms with Gasteiger partial charge in [-0.1, -0.05) is 60.7 Å². The van der Waals surface area contributed by atoms with Gasteiger partial charge in [0, 0.05) is 22.5 Å². The van der Waals surface area contributed by atoms with E-state index >= 15 is 0 Å². The summed E-state index contributed by atoms with van der Waals surface area (Å²) in [7, 11) is -9.10. The lowest BCUT2D eigenvalue weighted by molar-refractivity contribution is -0.123. The topological polar surface area (TPSA) is 173 Å². The van der Waals surface area contributed by atoms with Crippen molar-refractivity contribution in [2.24, 2.45) is 0 Å². The van der Waals surface area contributed by atoms with Gasteiger partial charge in [-0.25, -0.2) is 0 Å². The van der Waals surface area contributed by atoms with Crippen molar-refractivity contribution in [1.82, 2.24) is 0 Å². The molecule has 0 aromatic heterocycles. The molecule has 0 aliphatic carbocycles. The van der Waals surface area contributed by atoms with Gasteiger partial charge in [-0.3, -0.25) is 18.7 Å². The number of carbonyl (C=O) groups excluding carboxylic acids is 2. The number of nitrogens with one attached hydrogen (secondary N) is 2. The Bertz CT molecular complexity index is 1490. The van der Waals surface area contributed by atoms with Gasteiger partial charge in [0.05, 0.1) is 10.6 Å². The standard InChI is InChI=1S/C27H24N2O8P2/c30-26(28-24-13-11-20(38(32,33)34)15-22(24)18-7-3-1-4-8-18)17-27(31)29-25-14-12-21(39(35,36)37)16-23(25)19-9-5-2-6-10-19/h1-16H,17H2,(H,28,30)(H,29,31)(H2,32,33,34)(H2,35,36,37). The zero-order valence-electron chi connectivity index (χ0n) is 20.3. The molecule has 12 heteroatoms. The molecule has 200 valence electrons. The van der Waals surface area contributed by atoms with Gasteiger partial charge in [0.2, 0.25) is 11.8 Å². The molecule has 6 N–H and O–H groups in total. The van der Waals surface area contributed by atoms with Crippen molar-refractivity contribution in [3.8, 4) is 22.3 Å². The van der Waals surface area contributed by atoms with E-state index in [4.69, 9.17) is 0 Å². The van der Waals surface area contributed by atoms with E-state index in [1.807, 2.05) is 0 Å². The molecular weight excluding hydrogens is 542 g/mol. The predicted octanol–water partition coefficient (Wildman–Crippen LogP) is 3.59. The SMILES string of the molecule is O=C(CC(=O)Nc1ccc(P(=O)(O)O)cc1-c1ccccc1)Nc1ccc(P(=O)(O)O)cc1-c1ccccc1. The van der Waals surface area contributed by atoms with Crippen LogP contribution in [0.1, 0.15) is 6.42 Å². The molecule has 0 saturated heterocycles. The van der Waals surface area contributed by atoms with Crippen molar-refractivity contribution in [1.29, 1.82) is 0 Å². The van der Waals surface area contributed by atoms with E-state index < -0.39 is 33.4 Å². The number of anilines is 2. The number of amides is 2. The lowest BCUT2D eigenvalue weighted by Crippen LogP contribution is -2.22. The Morgan fingerprint density at radius 1 is 0.564 bits per heavy atom. The van der Waals surface area contributed by atoms with Crippen LogP contribution < -0.4 is 21.2 Å². The van der Waals surface area contributed by atoms with E-state index in [9.17, 15) is 38.3 Å². The molecule has 0 spiro atoms. The Morgan fingerprint density at radius 3 is 1.26 bits per heavy atom. The molecule has 0 bridgehead atoms. The van der Waals surface area contributed by atoms with Crippen LogP contribution in [0.4, 0.5) is 11.4 Å². The third-order valence-corrected chi connectivity index (χ3v) is 7.62. The summed E-state index contributed by atoms with van der Waals surface area (Å²) in [6, 6.07) is 25.1. The van der Waals surface area contributed by atoms with Crippen LogP contribution in [-0.2, 0) is 18.7 Å². The maximum Gasteiger partial charge on any atom is 0.356 e. The molecule has 0 aliphatic rings. The number of benzene rings is 4. The summed E-state index contributed by atoms with van der Waals surface area (Å²) >= 11 is 0. The molecule has 2 amide bonds. The largest absolute Gasteiger partial charge is 0.356 e. The lowest BCUT2D eigenvalue weighted by atomic mass is 10.0. The summed E-state index contributed by atoms with van der Waals surface area (Å²) in [5, 5.41) is 4.81. The van der Waals surface area contributed by atoms with E-state index in [-0.39, 0.29) is 22.0 Å². The van der Waals surface area contributed by atoms with Gasteiger partial charge in [-0.05, 0) is 47.5 Å². The van der Waals surface area contributed by atoms with Crippen LogP contribution in [0.5, 0.6) is 0 Å². The highest BCUT2D eigenvalue weighted by Gasteiger charge is 2.22. The van der Waals surface area contributed by atoms with E-state index in [1.165, 1.54) is 36.4 Å². The molecule has 0 unspecified atom stereocenters. The van der Waals surface area contributed by atoms with Crippen molar-refractivity contribution < 1.29 is 38.3 Å². The number of carbonyl (C=O) groups is 2. The Hall–Kier alpha value is -3.88. The number of hydrogen-bond acceptors (Lipinski definition) is 4. The fourth-order valence-electron chi connectivity index (χ4n) is 3.89. The summed E-state index contributed by atoms with van der Waals surface area (Å²) in [6.45, 7) is 0. The third-order valence-electron chi connectivity index (χ3n) is 5.72. The van der Waals surface area contributed by atoms with Gasteiger partial charge in [-0.2, -0.15) is 0 Å². The van der Waals surface area contributed by atoms with Crippen LogP contribution in [0.25, 0.3) is 22.3 Å². The normalized spacial score (nSPS) is 11.6. The van der Waals surface area contributed by atoms with Crippen molar-refractivity contribution in [3.05, 3.63) is 97.1 Å². The quantitative estimate of drug-likeness (QED) is 0.139. The number of hydrogen-bond donors (Lipinski definition) is 6. The smallest absolute Gasteiger partial charge is 0.325 e. The first kappa shape index (κ1) is 28.1. The van der Waals surface area contributed by atoms with E-state index in [0.29, 0.717) is 22.3 Å². The minimum atomic E-state index is -4.55. The van der Waals surface area contributed by atoms with Crippen LogP contribution in [-0.4, -0.2) is 31.4 Å². The van der Waals surface area contributed by atoms with E-state index in [1.54, 1.807) is 60.7 Å². The van der Waals surface area contributed by atoms with Crippen LogP contribution in [0, 0.1) is 0 Å². The first-order valence-corrected chi connectivity index (χ1v) is 14.7. The van der Waals surface area contributed by atoms with Crippen molar-refractivity contribution in [2.45, 2.75) is 6.42 Å². The minimum Gasteiger partial charge on any atom is -0.325 e. The van der Waals surface area contributed by atoms with Gasteiger partial charge >= 0.3 is 15.2 Å². The lowest BCUT2D eigenvalue weighted by Gasteiger charge is -2.15. The van der Waals surface area contributed by atoms with Crippen LogP contribution in [0.3, 0.4) is 0 Å². The van der Waals surface area contributed by atoms with Crippen molar-refractivity contribution in [2.75, 3.05) is 10.6 Å². The fourth-order valence-corrected chi connectivity index (χ4v) is 5.02. The maximum atomic E-state index is 12.8. The second-order valence-corrected chi connectivity index (χ2v) is 11.8. The summed E-state index contributed by atoms with van der Waals surface area (Å²) in [5.74, 6) is -1.36. The van der Waals surface area contributed by atoms with Gasteiger partial charge in [0.25, 0.3) is 0 Å². The monoisotopic (exact) mass is 566 g/mol. The molecular formula is C27H24N2O8P2. The summed E-state index contributed by atoms with van der Waals surface area (Å²) in [4.78, 5) is 63.9. The molecule has 0 fully saturated rings. The van der Waals surface area contributed by atoms with Crippen molar-refractivity contribution >= 4 is 49.0 Å². The zero-order chi connectivity index (χ0) is 28.2. The average Bonchev–Trinajstić information content (AvgIpc) is 2.88. The van der Waals surface area contributed by atoms with Gasteiger partial charge < -0.3 is 30.2 Å². The van der Waals surface area contributed by atoms with E-state index in [0.717, 1.165) is 0 Å². The highest BCUT2D eigenvalue weighted by atomic mass is 31.2. The van der Waals surface area contributed by atoms with Crippen LogP contribution in [0.15, 0.2) is 97.1 Å². The molecule has 0 heterocycles. The highest BCUT2D eigenvalue weighted by Crippen LogP contribution is 2.38. The van der Waals surface area contributed by atoms with E-state index in [2.05, 4.69) is 10.6 Å². The first-order chi connectivity index (χ1) is 18.4. The zero-order valence-corrected chi connectivity index (χ0v) is 22.0. The summed E-state index contributed by atoms with van der Waals surface area (Å²) in [5.41, 5.74) is 2.45. The molecule has 0 aliphatic heterocycles.